The Hall–Kier alpha value is -1.39. The Labute approximate surface area is 118 Å². The van der Waals surface area contributed by atoms with E-state index in [-0.39, 0.29) is 0 Å². The highest BCUT2D eigenvalue weighted by Crippen LogP contribution is 2.26. The number of aromatic nitrogens is 3. The summed E-state index contributed by atoms with van der Waals surface area (Å²) in [6.45, 7) is 4.77. The topological polar surface area (TPSA) is 50.9 Å². The van der Waals surface area contributed by atoms with Crippen LogP contribution in [0.25, 0.3) is 0 Å². The van der Waals surface area contributed by atoms with Crippen molar-refractivity contribution in [3.05, 3.63) is 46.5 Å². The number of aryl methyl sites for hydroxylation is 2. The number of pyridine rings is 1. The monoisotopic (exact) mass is 279 g/mol. The Morgan fingerprint density at radius 1 is 1.37 bits per heavy atom. The van der Waals surface area contributed by atoms with Gasteiger partial charge in [0.2, 0.25) is 0 Å². The zero-order chi connectivity index (χ0) is 13.8. The van der Waals surface area contributed by atoms with E-state index in [1.807, 2.05) is 36.7 Å². The Kier molecular flexibility index (Phi) is 4.56. The molecule has 5 heteroatoms. The van der Waals surface area contributed by atoms with Crippen molar-refractivity contribution in [3.63, 3.8) is 0 Å². The molecule has 0 fully saturated rings. The quantitative estimate of drug-likeness (QED) is 0.916. The number of rotatable bonds is 5. The number of halogens is 1. The molecule has 0 bridgehead atoms. The van der Waals surface area contributed by atoms with Crippen LogP contribution in [-0.2, 0) is 19.4 Å². The number of nitrogens with zero attached hydrogens (tertiary/aromatic N) is 3. The highest BCUT2D eigenvalue weighted by atomic mass is 35.5. The van der Waals surface area contributed by atoms with Crippen molar-refractivity contribution in [2.24, 2.45) is 0 Å². The van der Waals surface area contributed by atoms with Gasteiger partial charge in [0, 0.05) is 19.2 Å². The molecule has 2 aromatic heterocycles. The second-order valence-electron chi connectivity index (χ2n) is 4.35. The lowest BCUT2D eigenvalue weighted by Crippen LogP contribution is -2.09. The molecule has 0 aliphatic carbocycles. The van der Waals surface area contributed by atoms with Crippen LogP contribution >= 0.6 is 11.6 Å². The Morgan fingerprint density at radius 2 is 2.16 bits per heavy atom. The lowest BCUT2D eigenvalue weighted by molar-refractivity contribution is 0.170. The summed E-state index contributed by atoms with van der Waals surface area (Å²) >= 11 is 6.33. The maximum Gasteiger partial charge on any atom is 0.101 e. The average molecular weight is 280 g/mol. The van der Waals surface area contributed by atoms with Gasteiger partial charge >= 0.3 is 0 Å². The van der Waals surface area contributed by atoms with E-state index in [1.54, 1.807) is 6.20 Å². The summed E-state index contributed by atoms with van der Waals surface area (Å²) in [4.78, 5) is 4.16. The molecule has 2 heterocycles. The van der Waals surface area contributed by atoms with Crippen LogP contribution in [0.15, 0.2) is 24.4 Å². The molecule has 0 spiro atoms. The van der Waals surface area contributed by atoms with E-state index in [0.29, 0.717) is 17.1 Å². The Balaban J connectivity index is 2.26. The maximum atomic E-state index is 10.2. The number of aliphatic hydroxyl groups is 1. The van der Waals surface area contributed by atoms with Crippen LogP contribution in [-0.4, -0.2) is 19.9 Å². The SMILES string of the molecule is CCc1nn(CC)c(CC(O)c2ccccn2)c1Cl. The van der Waals surface area contributed by atoms with Gasteiger partial charge in [-0.15, -0.1) is 0 Å². The molecule has 0 aliphatic rings. The molecule has 0 aliphatic heterocycles. The van der Waals surface area contributed by atoms with Gasteiger partial charge in [-0.3, -0.25) is 9.67 Å². The molecule has 4 nitrogen and oxygen atoms in total. The summed E-state index contributed by atoms with van der Waals surface area (Å²) < 4.78 is 1.85. The summed E-state index contributed by atoms with van der Waals surface area (Å²) in [6.07, 6.45) is 2.23. The first-order valence-electron chi connectivity index (χ1n) is 6.50. The van der Waals surface area contributed by atoms with Crippen LogP contribution in [0.5, 0.6) is 0 Å². The first kappa shape index (κ1) is 14.0. The van der Waals surface area contributed by atoms with Crippen molar-refractivity contribution in [2.75, 3.05) is 0 Å². The van der Waals surface area contributed by atoms with Gasteiger partial charge in [0.15, 0.2) is 0 Å². The fourth-order valence-corrected chi connectivity index (χ4v) is 2.42. The van der Waals surface area contributed by atoms with E-state index in [4.69, 9.17) is 11.6 Å². The minimum absolute atomic E-state index is 0.427. The third kappa shape index (κ3) is 2.96. The van der Waals surface area contributed by atoms with Crippen LogP contribution in [0.3, 0.4) is 0 Å². The summed E-state index contributed by atoms with van der Waals surface area (Å²) in [6, 6.07) is 5.50. The summed E-state index contributed by atoms with van der Waals surface area (Å²) in [5.41, 5.74) is 2.41. The molecule has 0 saturated heterocycles. The van der Waals surface area contributed by atoms with Crippen molar-refractivity contribution in [1.82, 2.24) is 14.8 Å². The Morgan fingerprint density at radius 3 is 2.74 bits per heavy atom. The minimum Gasteiger partial charge on any atom is -0.386 e. The largest absolute Gasteiger partial charge is 0.386 e. The van der Waals surface area contributed by atoms with Gasteiger partial charge in [-0.2, -0.15) is 5.10 Å². The normalized spacial score (nSPS) is 12.6. The number of hydrogen-bond acceptors (Lipinski definition) is 3. The van der Waals surface area contributed by atoms with Gasteiger partial charge in [0.05, 0.1) is 22.1 Å². The molecule has 1 unspecified atom stereocenters. The van der Waals surface area contributed by atoms with Crippen LogP contribution in [0, 0.1) is 0 Å². The van der Waals surface area contributed by atoms with Gasteiger partial charge in [-0.1, -0.05) is 24.6 Å². The fourth-order valence-electron chi connectivity index (χ4n) is 2.07. The molecule has 2 aromatic rings. The third-order valence-electron chi connectivity index (χ3n) is 3.11. The standard InChI is InChI=1S/C14H18ClN3O/c1-3-10-14(15)12(18(4-2)17-10)9-13(19)11-7-5-6-8-16-11/h5-8,13,19H,3-4,9H2,1-2H3. The van der Waals surface area contributed by atoms with Gasteiger partial charge in [-0.05, 0) is 25.5 Å². The molecule has 0 amide bonds. The Bertz CT molecular complexity index is 539. The van der Waals surface area contributed by atoms with Crippen molar-refractivity contribution in [2.45, 2.75) is 39.3 Å². The minimum atomic E-state index is -0.662. The molecule has 102 valence electrons. The summed E-state index contributed by atoms with van der Waals surface area (Å²) in [5, 5.41) is 15.4. The molecule has 0 saturated carbocycles. The van der Waals surface area contributed by atoms with E-state index in [0.717, 1.165) is 24.4 Å². The van der Waals surface area contributed by atoms with E-state index in [1.165, 1.54) is 0 Å². The van der Waals surface area contributed by atoms with Gasteiger partial charge in [-0.25, -0.2) is 0 Å². The van der Waals surface area contributed by atoms with E-state index < -0.39 is 6.10 Å². The van der Waals surface area contributed by atoms with Crippen molar-refractivity contribution in [1.29, 1.82) is 0 Å². The molecule has 0 aromatic carbocycles. The molecular weight excluding hydrogens is 262 g/mol. The van der Waals surface area contributed by atoms with Crippen LogP contribution < -0.4 is 0 Å². The lowest BCUT2D eigenvalue weighted by Gasteiger charge is -2.11. The van der Waals surface area contributed by atoms with Gasteiger partial charge in [0.1, 0.15) is 6.10 Å². The fraction of sp³-hybridized carbons (Fsp3) is 0.429. The molecule has 19 heavy (non-hydrogen) atoms. The zero-order valence-electron chi connectivity index (χ0n) is 11.2. The van der Waals surface area contributed by atoms with E-state index in [9.17, 15) is 5.11 Å². The highest BCUT2D eigenvalue weighted by Gasteiger charge is 2.19. The lowest BCUT2D eigenvalue weighted by atomic mass is 10.1. The maximum absolute atomic E-state index is 10.2. The molecule has 1 N–H and O–H groups in total. The van der Waals surface area contributed by atoms with Crippen LogP contribution in [0.2, 0.25) is 5.02 Å². The second kappa shape index (κ2) is 6.17. The average Bonchev–Trinajstić information content (AvgIpc) is 2.76. The van der Waals surface area contributed by atoms with Crippen molar-refractivity contribution >= 4 is 11.6 Å². The summed E-state index contributed by atoms with van der Waals surface area (Å²) in [5.74, 6) is 0. The predicted molar refractivity (Wildman–Crippen MR) is 75.2 cm³/mol. The van der Waals surface area contributed by atoms with Crippen molar-refractivity contribution in [3.8, 4) is 0 Å². The number of hydrogen-bond donors (Lipinski definition) is 1. The van der Waals surface area contributed by atoms with E-state index >= 15 is 0 Å². The third-order valence-corrected chi connectivity index (χ3v) is 3.55. The van der Waals surface area contributed by atoms with Crippen molar-refractivity contribution < 1.29 is 5.11 Å². The molecule has 0 radical (unpaired) electrons. The molecule has 2 rings (SSSR count). The highest BCUT2D eigenvalue weighted by molar-refractivity contribution is 6.31. The van der Waals surface area contributed by atoms with Crippen LogP contribution in [0.4, 0.5) is 0 Å². The first-order valence-corrected chi connectivity index (χ1v) is 6.88. The molecular formula is C14H18ClN3O. The summed E-state index contributed by atoms with van der Waals surface area (Å²) in [7, 11) is 0. The van der Waals surface area contributed by atoms with Gasteiger partial charge in [0.25, 0.3) is 0 Å². The van der Waals surface area contributed by atoms with Crippen LogP contribution in [0.1, 0.15) is 37.0 Å². The predicted octanol–water partition coefficient (Wildman–Crippen LogP) is 2.79. The number of aliphatic hydroxyl groups excluding tert-OH is 1. The first-order chi connectivity index (χ1) is 9.17. The van der Waals surface area contributed by atoms with E-state index in [2.05, 4.69) is 10.1 Å². The second-order valence-corrected chi connectivity index (χ2v) is 4.73. The smallest absolute Gasteiger partial charge is 0.101 e. The zero-order valence-corrected chi connectivity index (χ0v) is 11.9. The van der Waals surface area contributed by atoms with Gasteiger partial charge < -0.3 is 5.11 Å². The molecule has 1 atom stereocenters.